The predicted octanol–water partition coefficient (Wildman–Crippen LogP) is 2.02. The summed E-state index contributed by atoms with van der Waals surface area (Å²) in [5.41, 5.74) is 0.0112. The first kappa shape index (κ1) is 17.4. The normalized spacial score (nSPS) is 21.0. The highest BCUT2D eigenvalue weighted by molar-refractivity contribution is 7.89. The second-order valence-electron chi connectivity index (χ2n) is 6.50. The van der Waals surface area contributed by atoms with Gasteiger partial charge in [0.2, 0.25) is 10.0 Å². The topological polar surface area (TPSA) is 98.5 Å². The van der Waals surface area contributed by atoms with E-state index in [-0.39, 0.29) is 30.2 Å². The lowest BCUT2D eigenvalue weighted by Crippen LogP contribution is -2.42. The van der Waals surface area contributed by atoms with Crippen molar-refractivity contribution in [3.05, 3.63) is 29.8 Å². The summed E-state index contributed by atoms with van der Waals surface area (Å²) in [6.07, 6.45) is 0.620. The summed E-state index contributed by atoms with van der Waals surface area (Å²) in [6.45, 7) is 3.82. The molecule has 0 saturated carbocycles. The highest BCUT2D eigenvalue weighted by atomic mass is 32.2. The number of nitrogens with zero attached hydrogens (tertiary/aromatic N) is 2. The van der Waals surface area contributed by atoms with Crippen molar-refractivity contribution in [1.29, 1.82) is 5.26 Å². The molecule has 6 nitrogen and oxygen atoms in total. The molecule has 1 aliphatic rings. The highest BCUT2D eigenvalue weighted by Gasteiger charge is 2.45. The SMILES string of the molecule is CC1(C)CC(CC(=O)O)CN1S(=O)(=O)c1cccc(CC#N)c1. The van der Waals surface area contributed by atoms with Gasteiger partial charge in [-0.3, -0.25) is 4.79 Å². The van der Waals surface area contributed by atoms with Crippen LogP contribution in [0.1, 0.15) is 32.3 Å². The molecule has 1 N–H and O–H groups in total. The lowest BCUT2D eigenvalue weighted by molar-refractivity contribution is -0.138. The molecule has 0 amide bonds. The van der Waals surface area contributed by atoms with Crippen LogP contribution in [0.4, 0.5) is 0 Å². The number of hydrogen-bond donors (Lipinski definition) is 1. The average molecular weight is 336 g/mol. The summed E-state index contributed by atoms with van der Waals surface area (Å²) in [7, 11) is -3.72. The van der Waals surface area contributed by atoms with Crippen LogP contribution in [0.25, 0.3) is 0 Å². The molecule has 7 heteroatoms. The highest BCUT2D eigenvalue weighted by Crippen LogP contribution is 2.38. The number of sulfonamides is 1. The van der Waals surface area contributed by atoms with Crippen molar-refractivity contribution in [2.75, 3.05) is 6.54 Å². The molecule has 0 spiro atoms. The van der Waals surface area contributed by atoms with Gasteiger partial charge < -0.3 is 5.11 Å². The van der Waals surface area contributed by atoms with Gasteiger partial charge in [-0.05, 0) is 43.9 Å². The van der Waals surface area contributed by atoms with Crippen molar-refractivity contribution >= 4 is 16.0 Å². The standard InChI is InChI=1S/C16H20N2O4S/c1-16(2)10-13(9-15(19)20)11-18(16)23(21,22)14-5-3-4-12(8-14)6-7-17/h3-5,8,13H,6,9-11H2,1-2H3,(H,19,20). The molecule has 1 aromatic carbocycles. The van der Waals surface area contributed by atoms with Crippen LogP contribution in [0.3, 0.4) is 0 Å². The minimum atomic E-state index is -3.72. The maximum atomic E-state index is 12.9. The van der Waals surface area contributed by atoms with E-state index < -0.39 is 21.5 Å². The van der Waals surface area contributed by atoms with E-state index >= 15 is 0 Å². The number of aliphatic carboxylic acids is 1. The summed E-state index contributed by atoms with van der Waals surface area (Å²) in [4.78, 5) is 11.1. The van der Waals surface area contributed by atoms with Gasteiger partial charge in [0.05, 0.1) is 17.4 Å². The van der Waals surface area contributed by atoms with E-state index in [1.807, 2.05) is 19.9 Å². The molecule has 1 heterocycles. The molecule has 1 aromatic rings. The Labute approximate surface area is 136 Å². The number of benzene rings is 1. The largest absolute Gasteiger partial charge is 0.481 e. The van der Waals surface area contributed by atoms with Crippen LogP contribution in [-0.2, 0) is 21.2 Å². The van der Waals surface area contributed by atoms with Crippen LogP contribution in [0.15, 0.2) is 29.2 Å². The fourth-order valence-electron chi connectivity index (χ4n) is 3.20. The fourth-order valence-corrected chi connectivity index (χ4v) is 5.13. The van der Waals surface area contributed by atoms with Gasteiger partial charge in [-0.1, -0.05) is 12.1 Å². The fraction of sp³-hybridized carbons (Fsp3) is 0.500. The molecule has 1 aliphatic heterocycles. The quantitative estimate of drug-likeness (QED) is 0.887. The zero-order valence-electron chi connectivity index (χ0n) is 13.2. The monoisotopic (exact) mass is 336 g/mol. The van der Waals surface area contributed by atoms with Gasteiger partial charge in [0, 0.05) is 18.5 Å². The third kappa shape index (κ3) is 3.71. The zero-order valence-corrected chi connectivity index (χ0v) is 14.0. The van der Waals surface area contributed by atoms with E-state index in [9.17, 15) is 13.2 Å². The molecule has 2 rings (SSSR count). The first-order chi connectivity index (χ1) is 10.7. The Hall–Kier alpha value is -1.91. The van der Waals surface area contributed by atoms with Gasteiger partial charge in [0.15, 0.2) is 0 Å². The summed E-state index contributed by atoms with van der Waals surface area (Å²) in [5, 5.41) is 17.7. The Morgan fingerprint density at radius 3 is 2.78 bits per heavy atom. The number of carbonyl (C=O) groups is 1. The van der Waals surface area contributed by atoms with Gasteiger partial charge in [-0.15, -0.1) is 0 Å². The minimum Gasteiger partial charge on any atom is -0.481 e. The third-order valence-electron chi connectivity index (χ3n) is 4.12. The van der Waals surface area contributed by atoms with Crippen molar-refractivity contribution in [1.82, 2.24) is 4.31 Å². The number of carboxylic acid groups (broad SMARTS) is 1. The number of hydrogen-bond acceptors (Lipinski definition) is 4. The molecule has 0 radical (unpaired) electrons. The molecule has 23 heavy (non-hydrogen) atoms. The maximum absolute atomic E-state index is 12.9. The Morgan fingerprint density at radius 2 is 2.17 bits per heavy atom. The van der Waals surface area contributed by atoms with Crippen molar-refractivity contribution in [2.24, 2.45) is 5.92 Å². The van der Waals surface area contributed by atoms with Crippen LogP contribution in [0, 0.1) is 17.2 Å². The van der Waals surface area contributed by atoms with E-state index in [1.165, 1.54) is 16.4 Å². The zero-order chi connectivity index (χ0) is 17.3. The second kappa shape index (κ2) is 6.30. The van der Waals surface area contributed by atoms with Gasteiger partial charge in [0.1, 0.15) is 0 Å². The van der Waals surface area contributed by atoms with Crippen LogP contribution in [-0.4, -0.2) is 35.9 Å². The van der Waals surface area contributed by atoms with E-state index in [0.29, 0.717) is 12.0 Å². The summed E-state index contributed by atoms with van der Waals surface area (Å²) >= 11 is 0. The smallest absolute Gasteiger partial charge is 0.303 e. The molecule has 0 aromatic heterocycles. The third-order valence-corrected chi connectivity index (χ3v) is 6.19. The summed E-state index contributed by atoms with van der Waals surface area (Å²) < 4.78 is 27.3. The molecule has 124 valence electrons. The van der Waals surface area contributed by atoms with Crippen molar-refractivity contribution in [3.63, 3.8) is 0 Å². The Bertz CT molecular complexity index is 750. The van der Waals surface area contributed by atoms with E-state index in [0.717, 1.165) is 0 Å². The molecule has 1 unspecified atom stereocenters. The lowest BCUT2D eigenvalue weighted by Gasteiger charge is -2.30. The molecule has 0 bridgehead atoms. The Balaban J connectivity index is 2.33. The molecule has 1 fully saturated rings. The van der Waals surface area contributed by atoms with Crippen molar-refractivity contribution < 1.29 is 18.3 Å². The first-order valence-corrected chi connectivity index (χ1v) is 8.81. The Kier molecular flexibility index (Phi) is 4.78. The molecule has 1 atom stereocenters. The number of rotatable bonds is 5. The van der Waals surface area contributed by atoms with Gasteiger partial charge in [-0.2, -0.15) is 9.57 Å². The second-order valence-corrected chi connectivity index (χ2v) is 8.36. The number of carboxylic acids is 1. The lowest BCUT2D eigenvalue weighted by atomic mass is 9.95. The van der Waals surface area contributed by atoms with Crippen LogP contribution < -0.4 is 0 Å². The van der Waals surface area contributed by atoms with Gasteiger partial charge in [-0.25, -0.2) is 8.42 Å². The minimum absolute atomic E-state index is 0.0378. The molecular weight excluding hydrogens is 316 g/mol. The number of nitriles is 1. The average Bonchev–Trinajstić information content (AvgIpc) is 2.74. The van der Waals surface area contributed by atoms with Crippen molar-refractivity contribution in [3.8, 4) is 6.07 Å². The maximum Gasteiger partial charge on any atom is 0.303 e. The van der Waals surface area contributed by atoms with Crippen LogP contribution in [0.2, 0.25) is 0 Å². The van der Waals surface area contributed by atoms with Crippen LogP contribution >= 0.6 is 0 Å². The molecule has 1 saturated heterocycles. The van der Waals surface area contributed by atoms with E-state index in [2.05, 4.69) is 0 Å². The summed E-state index contributed by atoms with van der Waals surface area (Å²) in [5.74, 6) is -1.11. The Morgan fingerprint density at radius 1 is 1.48 bits per heavy atom. The van der Waals surface area contributed by atoms with Crippen molar-refractivity contribution in [2.45, 2.75) is 43.5 Å². The summed E-state index contributed by atoms with van der Waals surface area (Å²) in [6, 6.07) is 8.36. The first-order valence-electron chi connectivity index (χ1n) is 7.37. The predicted molar refractivity (Wildman–Crippen MR) is 84.1 cm³/mol. The molecule has 0 aliphatic carbocycles. The van der Waals surface area contributed by atoms with E-state index in [1.54, 1.807) is 12.1 Å². The molecular formula is C16H20N2O4S. The van der Waals surface area contributed by atoms with Crippen LogP contribution in [0.5, 0.6) is 0 Å². The van der Waals surface area contributed by atoms with Gasteiger partial charge >= 0.3 is 5.97 Å². The van der Waals surface area contributed by atoms with Gasteiger partial charge in [0.25, 0.3) is 0 Å². The van der Waals surface area contributed by atoms with E-state index in [4.69, 9.17) is 10.4 Å².